The van der Waals surface area contributed by atoms with Crippen LogP contribution in [0.1, 0.15) is 29.5 Å². The van der Waals surface area contributed by atoms with Gasteiger partial charge in [-0.1, -0.05) is 120 Å². The van der Waals surface area contributed by atoms with Crippen molar-refractivity contribution in [1.29, 1.82) is 0 Å². The third kappa shape index (κ3) is 2.12. The first-order valence-corrected chi connectivity index (χ1v) is 10.1. The highest BCUT2D eigenvalue weighted by Crippen LogP contribution is 2.85. The molecule has 0 bridgehead atoms. The second kappa shape index (κ2) is 5.99. The van der Waals surface area contributed by atoms with Crippen LogP contribution < -0.4 is 0 Å². The summed E-state index contributed by atoms with van der Waals surface area (Å²) in [7, 11) is 0. The Morgan fingerprint density at radius 1 is 0.630 bits per heavy atom. The molecule has 2 aliphatic carbocycles. The maximum Gasteiger partial charge on any atom is 0.140 e. The third-order valence-corrected chi connectivity index (χ3v) is 7.77. The molecule has 0 nitrogen and oxygen atoms in total. The highest BCUT2D eigenvalue weighted by Gasteiger charge is 2.87. The second-order valence-corrected chi connectivity index (χ2v) is 8.94. The fourth-order valence-electron chi connectivity index (χ4n) is 5.23. The van der Waals surface area contributed by atoms with Crippen molar-refractivity contribution in [3.8, 4) is 0 Å². The van der Waals surface area contributed by atoms with E-state index in [0.29, 0.717) is 0 Å². The molecule has 0 aliphatic heterocycles. The summed E-state index contributed by atoms with van der Waals surface area (Å²) in [4.78, 5) is 0. The summed E-state index contributed by atoms with van der Waals surface area (Å²) in [5.41, 5.74) is 4.37. The molecule has 134 valence electrons. The van der Waals surface area contributed by atoms with Crippen LogP contribution in [0, 0.1) is 5.41 Å². The zero-order valence-electron chi connectivity index (χ0n) is 14.9. The summed E-state index contributed by atoms with van der Waals surface area (Å²) in [5.74, 6) is 0. The van der Waals surface area contributed by atoms with Gasteiger partial charge in [-0.05, 0) is 35.1 Å². The van der Waals surface area contributed by atoms with E-state index in [9.17, 15) is 0 Å². The predicted molar refractivity (Wildman–Crippen MR) is 114 cm³/mol. The zero-order chi connectivity index (χ0) is 18.5. The van der Waals surface area contributed by atoms with Gasteiger partial charge in [0.05, 0.1) is 5.41 Å². The van der Waals surface area contributed by atoms with Gasteiger partial charge in [0.25, 0.3) is 0 Å². The molecule has 0 aromatic heterocycles. The van der Waals surface area contributed by atoms with Gasteiger partial charge in [-0.2, -0.15) is 0 Å². The summed E-state index contributed by atoms with van der Waals surface area (Å²) < 4.78 is -0.851. The zero-order valence-corrected chi connectivity index (χ0v) is 16.4. The molecule has 0 saturated heterocycles. The fourth-order valence-corrected chi connectivity index (χ4v) is 6.50. The van der Waals surface area contributed by atoms with E-state index in [1.54, 1.807) is 0 Å². The molecule has 27 heavy (non-hydrogen) atoms. The normalized spacial score (nSPS) is 24.6. The van der Waals surface area contributed by atoms with Gasteiger partial charge in [-0.3, -0.25) is 0 Å². The lowest BCUT2D eigenvalue weighted by Crippen LogP contribution is -2.20. The van der Waals surface area contributed by atoms with Crippen molar-refractivity contribution < 1.29 is 0 Å². The molecule has 1 atom stereocenters. The van der Waals surface area contributed by atoms with Crippen molar-refractivity contribution >= 4 is 28.8 Å². The number of allylic oxidation sites excluding steroid dienone is 2. The standard InChI is InChI=1S/C25H20Cl2/c26-25(27)23(17-16-20(18-23)19-10-4-1-5-11-19)24(25,21-12-6-2-7-13-21)22-14-8-3-9-15-22/h1-16H,17-18H2. The van der Waals surface area contributed by atoms with Crippen molar-refractivity contribution in [3.63, 3.8) is 0 Å². The van der Waals surface area contributed by atoms with Gasteiger partial charge in [-0.15, -0.1) is 0 Å². The molecule has 0 N–H and O–H groups in total. The quantitative estimate of drug-likeness (QED) is 0.421. The minimum Gasteiger partial charge on any atom is -0.0996 e. The number of hydrogen-bond donors (Lipinski definition) is 0. The van der Waals surface area contributed by atoms with Crippen molar-refractivity contribution in [2.24, 2.45) is 5.41 Å². The van der Waals surface area contributed by atoms with E-state index >= 15 is 0 Å². The first-order chi connectivity index (χ1) is 13.1. The molecule has 5 rings (SSSR count). The largest absolute Gasteiger partial charge is 0.140 e. The van der Waals surface area contributed by atoms with Crippen molar-refractivity contribution in [1.82, 2.24) is 0 Å². The Labute approximate surface area is 170 Å². The number of benzene rings is 3. The molecule has 2 aliphatic rings. The minimum absolute atomic E-state index is 0.225. The number of halogens is 2. The highest BCUT2D eigenvalue weighted by molar-refractivity contribution is 6.54. The lowest BCUT2D eigenvalue weighted by atomic mass is 9.78. The molecule has 1 unspecified atom stereocenters. The summed E-state index contributed by atoms with van der Waals surface area (Å²) in [5, 5.41) is 0. The predicted octanol–water partition coefficient (Wildman–Crippen LogP) is 7.02. The van der Waals surface area contributed by atoms with Gasteiger partial charge in [0.1, 0.15) is 4.33 Å². The average Bonchev–Trinajstić information content (AvgIpc) is 3.01. The van der Waals surface area contributed by atoms with Crippen LogP contribution in [0.25, 0.3) is 5.57 Å². The van der Waals surface area contributed by atoms with Crippen LogP contribution in [-0.2, 0) is 5.41 Å². The summed E-state index contributed by atoms with van der Waals surface area (Å²) in [6, 6.07) is 31.7. The molecule has 3 aromatic rings. The molecular weight excluding hydrogens is 371 g/mol. The number of rotatable bonds is 3. The average molecular weight is 391 g/mol. The van der Waals surface area contributed by atoms with Gasteiger partial charge >= 0.3 is 0 Å². The van der Waals surface area contributed by atoms with Gasteiger partial charge < -0.3 is 0 Å². The summed E-state index contributed by atoms with van der Waals surface area (Å²) >= 11 is 14.4. The molecule has 1 spiro atoms. The first kappa shape index (κ1) is 17.1. The molecule has 1 fully saturated rings. The lowest BCUT2D eigenvalue weighted by molar-refractivity contribution is 0.483. The van der Waals surface area contributed by atoms with Crippen LogP contribution in [0.5, 0.6) is 0 Å². The first-order valence-electron chi connectivity index (χ1n) is 9.37. The summed E-state index contributed by atoms with van der Waals surface area (Å²) in [6.07, 6.45) is 4.10. The molecule has 2 heteroatoms. The van der Waals surface area contributed by atoms with Crippen LogP contribution in [0.3, 0.4) is 0 Å². The van der Waals surface area contributed by atoms with Crippen molar-refractivity contribution in [2.75, 3.05) is 0 Å². The molecular formula is C25H20Cl2. The van der Waals surface area contributed by atoms with Gasteiger partial charge in [-0.25, -0.2) is 0 Å². The van der Waals surface area contributed by atoms with Crippen LogP contribution in [0.4, 0.5) is 0 Å². The van der Waals surface area contributed by atoms with E-state index in [1.165, 1.54) is 22.3 Å². The Morgan fingerprint density at radius 2 is 1.11 bits per heavy atom. The van der Waals surface area contributed by atoms with E-state index < -0.39 is 9.75 Å². The van der Waals surface area contributed by atoms with E-state index in [-0.39, 0.29) is 5.41 Å². The Kier molecular flexibility index (Phi) is 3.79. The maximum atomic E-state index is 7.18. The minimum atomic E-state index is -0.851. The van der Waals surface area contributed by atoms with Crippen LogP contribution in [-0.4, -0.2) is 4.33 Å². The number of alkyl halides is 2. The fraction of sp³-hybridized carbons (Fsp3) is 0.200. The SMILES string of the molecule is ClC1(Cl)C2(CC=C(c3ccccc3)C2)C1(c1ccccc1)c1ccccc1. The molecule has 3 aromatic carbocycles. The topological polar surface area (TPSA) is 0 Å². The Morgan fingerprint density at radius 3 is 1.63 bits per heavy atom. The van der Waals surface area contributed by atoms with Crippen molar-refractivity contribution in [2.45, 2.75) is 22.6 Å². The van der Waals surface area contributed by atoms with E-state index in [1.807, 2.05) is 12.1 Å². The molecule has 0 amide bonds. The number of hydrogen-bond acceptors (Lipinski definition) is 0. The third-order valence-electron chi connectivity index (χ3n) is 6.47. The Bertz CT molecular complexity index is 951. The van der Waals surface area contributed by atoms with E-state index in [4.69, 9.17) is 23.2 Å². The Hall–Kier alpha value is -2.02. The second-order valence-electron chi connectivity index (χ2n) is 7.61. The molecule has 0 heterocycles. The van der Waals surface area contributed by atoms with E-state index in [2.05, 4.69) is 84.9 Å². The van der Waals surface area contributed by atoms with Crippen LogP contribution >= 0.6 is 23.2 Å². The van der Waals surface area contributed by atoms with E-state index in [0.717, 1.165) is 12.8 Å². The van der Waals surface area contributed by atoms with Gasteiger partial charge in [0.15, 0.2) is 0 Å². The van der Waals surface area contributed by atoms with Crippen LogP contribution in [0.2, 0.25) is 0 Å². The highest BCUT2D eigenvalue weighted by atomic mass is 35.5. The molecule has 0 radical (unpaired) electrons. The molecule has 1 saturated carbocycles. The van der Waals surface area contributed by atoms with Crippen molar-refractivity contribution in [3.05, 3.63) is 114 Å². The summed E-state index contributed by atoms with van der Waals surface area (Å²) in [6.45, 7) is 0. The monoisotopic (exact) mass is 390 g/mol. The lowest BCUT2D eigenvalue weighted by Gasteiger charge is -2.23. The smallest absolute Gasteiger partial charge is 0.0996 e. The van der Waals surface area contributed by atoms with Gasteiger partial charge in [0.2, 0.25) is 0 Å². The maximum absolute atomic E-state index is 7.18. The van der Waals surface area contributed by atoms with Gasteiger partial charge in [0, 0.05) is 5.41 Å². The Balaban J connectivity index is 1.66. The van der Waals surface area contributed by atoms with Crippen LogP contribution in [0.15, 0.2) is 97.1 Å².